The predicted octanol–water partition coefficient (Wildman–Crippen LogP) is 3.24. The molecule has 2 rings (SSSR count). The molecule has 3 nitrogen and oxygen atoms in total. The lowest BCUT2D eigenvalue weighted by Crippen LogP contribution is -2.46. The van der Waals surface area contributed by atoms with Gasteiger partial charge >= 0.3 is 0 Å². The zero-order valence-electron chi connectivity index (χ0n) is 11.2. The topological polar surface area (TPSA) is 46.2 Å². The number of hydrogen-bond acceptors (Lipinski definition) is 2. The zero-order valence-corrected chi connectivity index (χ0v) is 12.7. The van der Waals surface area contributed by atoms with Crippen LogP contribution in [0.15, 0.2) is 28.7 Å². The molecule has 0 saturated carbocycles. The van der Waals surface area contributed by atoms with E-state index >= 15 is 0 Å². The molecule has 1 fully saturated rings. The van der Waals surface area contributed by atoms with Gasteiger partial charge in [-0.25, -0.2) is 0 Å². The Kier molecular flexibility index (Phi) is 4.40. The van der Waals surface area contributed by atoms with E-state index < -0.39 is 0 Å². The van der Waals surface area contributed by atoms with Crippen molar-refractivity contribution < 1.29 is 9.59 Å². The normalized spacial score (nSPS) is 25.0. The molecule has 1 saturated heterocycles. The van der Waals surface area contributed by atoms with Crippen molar-refractivity contribution in [3.63, 3.8) is 0 Å². The summed E-state index contributed by atoms with van der Waals surface area (Å²) in [5.41, 5.74) is 0.985. The smallest absolute Gasteiger partial charge is 0.234 e. The second-order valence-corrected chi connectivity index (χ2v) is 6.11. The second kappa shape index (κ2) is 5.87. The number of rotatable bonds is 3. The molecule has 19 heavy (non-hydrogen) atoms. The molecule has 0 aromatic heterocycles. The molecule has 3 unspecified atom stereocenters. The first-order valence-corrected chi connectivity index (χ1v) is 7.41. The summed E-state index contributed by atoms with van der Waals surface area (Å²) < 4.78 is 0.989. The van der Waals surface area contributed by atoms with E-state index in [9.17, 15) is 9.59 Å². The lowest BCUT2D eigenvalue weighted by Gasteiger charge is -2.34. The number of imide groups is 1. The van der Waals surface area contributed by atoms with E-state index in [1.54, 1.807) is 0 Å². The maximum atomic E-state index is 12.2. The van der Waals surface area contributed by atoms with Gasteiger partial charge in [-0.3, -0.25) is 14.9 Å². The lowest BCUT2D eigenvalue weighted by molar-refractivity contribution is -0.137. The number of carbonyl (C=O) groups is 2. The predicted molar refractivity (Wildman–Crippen MR) is 77.6 cm³/mol. The summed E-state index contributed by atoms with van der Waals surface area (Å²) in [5, 5.41) is 2.46. The van der Waals surface area contributed by atoms with Gasteiger partial charge in [0.25, 0.3) is 0 Å². The molecule has 102 valence electrons. The van der Waals surface area contributed by atoms with Crippen molar-refractivity contribution in [2.24, 2.45) is 11.8 Å². The number of halogens is 1. The molecule has 1 N–H and O–H groups in total. The Bertz CT molecular complexity index is 483. The number of hydrogen-bond donors (Lipinski definition) is 1. The molecule has 1 heterocycles. The summed E-state index contributed by atoms with van der Waals surface area (Å²) in [7, 11) is 0. The van der Waals surface area contributed by atoms with Crippen molar-refractivity contribution >= 4 is 27.7 Å². The minimum absolute atomic E-state index is 0.0902. The number of amides is 2. The Labute approximate surface area is 121 Å². The van der Waals surface area contributed by atoms with Crippen LogP contribution in [0.3, 0.4) is 0 Å². The molecular formula is C15H18BrNO2. The molecule has 1 aromatic carbocycles. The van der Waals surface area contributed by atoms with Crippen LogP contribution in [-0.2, 0) is 9.59 Å². The minimum Gasteiger partial charge on any atom is -0.296 e. The Hall–Kier alpha value is -1.16. The van der Waals surface area contributed by atoms with E-state index in [0.29, 0.717) is 12.3 Å². The molecule has 0 bridgehead atoms. The molecule has 3 atom stereocenters. The van der Waals surface area contributed by atoms with Gasteiger partial charge in [0.1, 0.15) is 0 Å². The molecule has 0 aliphatic carbocycles. The molecule has 0 radical (unpaired) electrons. The van der Waals surface area contributed by atoms with Crippen LogP contribution in [0, 0.1) is 11.8 Å². The van der Waals surface area contributed by atoms with Crippen LogP contribution < -0.4 is 5.32 Å². The fourth-order valence-electron chi connectivity index (χ4n) is 2.69. The second-order valence-electron chi connectivity index (χ2n) is 5.20. The third kappa shape index (κ3) is 3.06. The van der Waals surface area contributed by atoms with Crippen LogP contribution in [0.2, 0.25) is 0 Å². The highest BCUT2D eigenvalue weighted by Gasteiger charge is 2.39. The number of benzene rings is 1. The molecule has 1 aliphatic rings. The fourth-order valence-corrected chi connectivity index (χ4v) is 2.96. The summed E-state index contributed by atoms with van der Waals surface area (Å²) >= 11 is 3.40. The fraction of sp³-hybridized carbons (Fsp3) is 0.467. The molecule has 2 amide bonds. The summed E-state index contributed by atoms with van der Waals surface area (Å²) in [5.74, 6) is -0.0932. The Morgan fingerprint density at radius 1 is 1.32 bits per heavy atom. The van der Waals surface area contributed by atoms with Gasteiger partial charge in [0.05, 0.1) is 5.92 Å². The van der Waals surface area contributed by atoms with Gasteiger partial charge in [-0.2, -0.15) is 0 Å². The van der Waals surface area contributed by atoms with Crippen LogP contribution >= 0.6 is 15.9 Å². The van der Waals surface area contributed by atoms with Crippen LogP contribution in [0.5, 0.6) is 0 Å². The number of piperidine rings is 1. The van der Waals surface area contributed by atoms with Crippen LogP contribution in [0.25, 0.3) is 0 Å². The largest absolute Gasteiger partial charge is 0.296 e. The minimum atomic E-state index is -0.222. The first kappa shape index (κ1) is 14.3. The third-order valence-electron chi connectivity index (χ3n) is 4.00. The average molecular weight is 324 g/mol. The van der Waals surface area contributed by atoms with Crippen molar-refractivity contribution in [3.05, 3.63) is 34.3 Å². The number of nitrogens with one attached hydrogen (secondary N) is 1. The average Bonchev–Trinajstić information content (AvgIpc) is 2.38. The monoisotopic (exact) mass is 323 g/mol. The van der Waals surface area contributed by atoms with Crippen LogP contribution in [0.4, 0.5) is 0 Å². The van der Waals surface area contributed by atoms with Crippen LogP contribution in [0.1, 0.15) is 38.2 Å². The molecule has 1 aliphatic heterocycles. The van der Waals surface area contributed by atoms with Gasteiger partial charge < -0.3 is 0 Å². The van der Waals surface area contributed by atoms with Crippen molar-refractivity contribution in [3.8, 4) is 0 Å². The highest BCUT2D eigenvalue weighted by Crippen LogP contribution is 2.37. The van der Waals surface area contributed by atoms with Gasteiger partial charge in [0.2, 0.25) is 11.8 Å². The van der Waals surface area contributed by atoms with Crippen molar-refractivity contribution in [1.29, 1.82) is 0 Å². The van der Waals surface area contributed by atoms with Gasteiger partial charge in [0, 0.05) is 10.9 Å². The zero-order chi connectivity index (χ0) is 14.0. The van der Waals surface area contributed by atoms with Crippen molar-refractivity contribution in [2.45, 2.75) is 32.6 Å². The maximum absolute atomic E-state index is 12.2. The first-order valence-electron chi connectivity index (χ1n) is 6.62. The van der Waals surface area contributed by atoms with Crippen LogP contribution in [-0.4, -0.2) is 11.8 Å². The molecule has 0 spiro atoms. The van der Waals surface area contributed by atoms with Gasteiger partial charge in [-0.05, 0) is 29.5 Å². The third-order valence-corrected chi connectivity index (χ3v) is 4.53. The Balaban J connectivity index is 2.34. The Morgan fingerprint density at radius 2 is 1.95 bits per heavy atom. The number of carbonyl (C=O) groups excluding carboxylic acids is 2. The quantitative estimate of drug-likeness (QED) is 0.868. The first-order chi connectivity index (χ1) is 9.02. The van der Waals surface area contributed by atoms with E-state index in [4.69, 9.17) is 0 Å². The maximum Gasteiger partial charge on any atom is 0.234 e. The van der Waals surface area contributed by atoms with Gasteiger partial charge in [-0.1, -0.05) is 48.3 Å². The summed E-state index contributed by atoms with van der Waals surface area (Å²) in [6.07, 6.45) is 1.40. The lowest BCUT2D eigenvalue weighted by atomic mass is 9.73. The van der Waals surface area contributed by atoms with E-state index in [2.05, 4.69) is 35.1 Å². The SMILES string of the molecule is CCC(C)C1CC(=O)NC(=O)C1c1ccc(Br)cc1. The summed E-state index contributed by atoms with van der Waals surface area (Å²) in [6, 6.07) is 7.79. The van der Waals surface area contributed by atoms with E-state index in [0.717, 1.165) is 16.5 Å². The van der Waals surface area contributed by atoms with Crippen molar-refractivity contribution in [2.75, 3.05) is 0 Å². The standard InChI is InChI=1S/C15H18BrNO2/c1-3-9(2)12-8-13(18)17-15(19)14(12)10-4-6-11(16)7-5-10/h4-7,9,12,14H,3,8H2,1-2H3,(H,17,18,19). The van der Waals surface area contributed by atoms with Gasteiger partial charge in [0.15, 0.2) is 0 Å². The summed E-state index contributed by atoms with van der Waals surface area (Å²) in [6.45, 7) is 4.21. The van der Waals surface area contributed by atoms with E-state index in [-0.39, 0.29) is 23.7 Å². The van der Waals surface area contributed by atoms with Crippen molar-refractivity contribution in [1.82, 2.24) is 5.32 Å². The highest BCUT2D eigenvalue weighted by atomic mass is 79.9. The molecule has 1 aromatic rings. The molecular weight excluding hydrogens is 306 g/mol. The molecule has 4 heteroatoms. The summed E-state index contributed by atoms with van der Waals surface area (Å²) in [4.78, 5) is 23.8. The van der Waals surface area contributed by atoms with E-state index in [1.165, 1.54) is 0 Å². The highest BCUT2D eigenvalue weighted by molar-refractivity contribution is 9.10. The van der Waals surface area contributed by atoms with E-state index in [1.807, 2.05) is 24.3 Å². The Morgan fingerprint density at radius 3 is 2.53 bits per heavy atom. The van der Waals surface area contributed by atoms with Gasteiger partial charge in [-0.15, -0.1) is 0 Å².